The topological polar surface area (TPSA) is 60.7 Å². The van der Waals surface area contributed by atoms with Crippen LogP contribution in [-0.4, -0.2) is 33.6 Å². The van der Waals surface area contributed by atoms with Crippen molar-refractivity contribution in [1.82, 2.24) is 0 Å². The normalized spacial score (nSPS) is 21.5. The Bertz CT molecular complexity index is 102. The molecule has 0 aromatic rings. The fourth-order valence-corrected chi connectivity index (χ4v) is 1.19. The van der Waals surface area contributed by atoms with Crippen molar-refractivity contribution in [3.63, 3.8) is 0 Å². The average molecular weight is 176 g/mol. The van der Waals surface area contributed by atoms with Gasteiger partial charge in [0, 0.05) is 5.92 Å². The fourth-order valence-electron chi connectivity index (χ4n) is 1.19. The van der Waals surface area contributed by atoms with Gasteiger partial charge in [-0.05, 0) is 12.8 Å². The first-order valence-corrected chi connectivity index (χ1v) is 4.58. The highest BCUT2D eigenvalue weighted by Crippen LogP contribution is 2.15. The van der Waals surface area contributed by atoms with Crippen molar-refractivity contribution < 1.29 is 15.3 Å². The Morgan fingerprint density at radius 2 is 1.33 bits per heavy atom. The van der Waals surface area contributed by atoms with Crippen LogP contribution >= 0.6 is 0 Å². The van der Waals surface area contributed by atoms with Crippen LogP contribution in [0.15, 0.2) is 0 Å². The molecule has 0 amide bonds. The van der Waals surface area contributed by atoms with Crippen molar-refractivity contribution in [3.05, 3.63) is 0 Å². The van der Waals surface area contributed by atoms with E-state index in [-0.39, 0.29) is 5.92 Å². The van der Waals surface area contributed by atoms with Crippen LogP contribution in [-0.2, 0) is 0 Å². The largest absolute Gasteiger partial charge is 0.393 e. The van der Waals surface area contributed by atoms with Crippen molar-refractivity contribution in [2.24, 2.45) is 5.92 Å². The van der Waals surface area contributed by atoms with E-state index >= 15 is 0 Å². The van der Waals surface area contributed by atoms with E-state index in [0.717, 1.165) is 0 Å². The molecule has 0 heterocycles. The number of aliphatic hydroxyl groups is 3. The molecule has 0 rings (SSSR count). The highest BCUT2D eigenvalue weighted by Gasteiger charge is 2.25. The SMILES string of the molecule is CCC(O)C(C)C(O)C(O)CC. The number of hydrogen-bond acceptors (Lipinski definition) is 3. The summed E-state index contributed by atoms with van der Waals surface area (Å²) in [5.74, 6) is -0.259. The van der Waals surface area contributed by atoms with Crippen molar-refractivity contribution in [2.75, 3.05) is 0 Å². The fraction of sp³-hybridized carbons (Fsp3) is 1.00. The monoisotopic (exact) mass is 176 g/mol. The first kappa shape index (κ1) is 11.9. The molecule has 3 heteroatoms. The summed E-state index contributed by atoms with van der Waals surface area (Å²) in [5.41, 5.74) is 0. The minimum absolute atomic E-state index is 0.259. The van der Waals surface area contributed by atoms with E-state index in [2.05, 4.69) is 0 Å². The van der Waals surface area contributed by atoms with Gasteiger partial charge in [0.2, 0.25) is 0 Å². The van der Waals surface area contributed by atoms with Gasteiger partial charge in [-0.15, -0.1) is 0 Å². The summed E-state index contributed by atoms with van der Waals surface area (Å²) in [7, 11) is 0. The summed E-state index contributed by atoms with van der Waals surface area (Å²) >= 11 is 0. The molecule has 12 heavy (non-hydrogen) atoms. The number of hydrogen-bond donors (Lipinski definition) is 3. The van der Waals surface area contributed by atoms with E-state index in [4.69, 9.17) is 0 Å². The molecule has 0 saturated heterocycles. The van der Waals surface area contributed by atoms with Crippen molar-refractivity contribution >= 4 is 0 Å². The van der Waals surface area contributed by atoms with Gasteiger partial charge in [0.15, 0.2) is 0 Å². The Labute approximate surface area is 74.0 Å². The van der Waals surface area contributed by atoms with E-state index < -0.39 is 18.3 Å². The Hall–Kier alpha value is -0.120. The molecule has 4 unspecified atom stereocenters. The van der Waals surface area contributed by atoms with Crippen molar-refractivity contribution in [3.8, 4) is 0 Å². The summed E-state index contributed by atoms with van der Waals surface area (Å²) in [4.78, 5) is 0. The Morgan fingerprint density at radius 1 is 0.917 bits per heavy atom. The summed E-state index contributed by atoms with van der Waals surface area (Å²) in [6.45, 7) is 5.41. The van der Waals surface area contributed by atoms with Gasteiger partial charge < -0.3 is 15.3 Å². The summed E-state index contributed by atoms with van der Waals surface area (Å²) < 4.78 is 0. The smallest absolute Gasteiger partial charge is 0.0849 e. The Morgan fingerprint density at radius 3 is 1.67 bits per heavy atom. The van der Waals surface area contributed by atoms with Crippen LogP contribution in [0.3, 0.4) is 0 Å². The minimum atomic E-state index is -0.815. The molecule has 74 valence electrons. The van der Waals surface area contributed by atoms with E-state index in [1.54, 1.807) is 13.8 Å². The molecule has 4 atom stereocenters. The van der Waals surface area contributed by atoms with Crippen LogP contribution in [0.4, 0.5) is 0 Å². The zero-order chi connectivity index (χ0) is 9.72. The quantitative estimate of drug-likeness (QED) is 0.572. The molecule has 3 nitrogen and oxygen atoms in total. The van der Waals surface area contributed by atoms with Gasteiger partial charge in [0.1, 0.15) is 0 Å². The summed E-state index contributed by atoms with van der Waals surface area (Å²) in [6.07, 6.45) is -0.941. The standard InChI is InChI=1S/C9H20O3/c1-4-7(10)6(3)9(12)8(11)5-2/h6-12H,4-5H2,1-3H3. The number of aliphatic hydroxyl groups excluding tert-OH is 3. The molecular formula is C9H20O3. The molecule has 0 aromatic carbocycles. The van der Waals surface area contributed by atoms with Gasteiger partial charge in [0.05, 0.1) is 18.3 Å². The molecule has 3 N–H and O–H groups in total. The number of rotatable bonds is 5. The Balaban J connectivity index is 3.99. The molecular weight excluding hydrogens is 156 g/mol. The summed E-state index contributed by atoms with van der Waals surface area (Å²) in [5, 5.41) is 28.1. The first-order valence-electron chi connectivity index (χ1n) is 4.58. The van der Waals surface area contributed by atoms with E-state index in [1.807, 2.05) is 6.92 Å². The lowest BCUT2D eigenvalue weighted by Crippen LogP contribution is -2.37. The molecule has 0 bridgehead atoms. The predicted molar refractivity (Wildman–Crippen MR) is 47.8 cm³/mol. The second-order valence-electron chi connectivity index (χ2n) is 3.30. The first-order chi connectivity index (χ1) is 5.54. The summed E-state index contributed by atoms with van der Waals surface area (Å²) in [6, 6.07) is 0. The second kappa shape index (κ2) is 5.51. The molecule has 0 fully saturated rings. The lowest BCUT2D eigenvalue weighted by molar-refractivity contribution is -0.0527. The predicted octanol–water partition coefficient (Wildman–Crippen LogP) is 0.525. The second-order valence-corrected chi connectivity index (χ2v) is 3.30. The van der Waals surface area contributed by atoms with Gasteiger partial charge in [-0.1, -0.05) is 20.8 Å². The molecule has 0 aliphatic carbocycles. The molecule has 0 aliphatic rings. The third-order valence-corrected chi connectivity index (χ3v) is 2.38. The van der Waals surface area contributed by atoms with Crippen LogP contribution in [0.1, 0.15) is 33.6 Å². The maximum absolute atomic E-state index is 9.48. The lowest BCUT2D eigenvalue weighted by Gasteiger charge is -2.26. The van der Waals surface area contributed by atoms with Gasteiger partial charge in [0.25, 0.3) is 0 Å². The zero-order valence-corrected chi connectivity index (χ0v) is 8.07. The van der Waals surface area contributed by atoms with Crippen LogP contribution in [0.5, 0.6) is 0 Å². The molecule has 0 radical (unpaired) electrons. The van der Waals surface area contributed by atoms with Gasteiger partial charge >= 0.3 is 0 Å². The third kappa shape index (κ3) is 3.09. The lowest BCUT2D eigenvalue weighted by atomic mass is 9.92. The van der Waals surface area contributed by atoms with Gasteiger partial charge in [-0.25, -0.2) is 0 Å². The van der Waals surface area contributed by atoms with Crippen molar-refractivity contribution in [2.45, 2.75) is 51.9 Å². The minimum Gasteiger partial charge on any atom is -0.393 e. The van der Waals surface area contributed by atoms with E-state index in [1.165, 1.54) is 0 Å². The maximum atomic E-state index is 9.48. The highest BCUT2D eigenvalue weighted by molar-refractivity contribution is 4.76. The zero-order valence-electron chi connectivity index (χ0n) is 8.07. The van der Waals surface area contributed by atoms with Crippen LogP contribution in [0.25, 0.3) is 0 Å². The molecule has 0 aromatic heterocycles. The van der Waals surface area contributed by atoms with Crippen LogP contribution in [0, 0.1) is 5.92 Å². The molecule has 0 aliphatic heterocycles. The van der Waals surface area contributed by atoms with Gasteiger partial charge in [-0.3, -0.25) is 0 Å². The Kier molecular flexibility index (Phi) is 5.46. The average Bonchev–Trinajstić information content (AvgIpc) is 2.12. The highest BCUT2D eigenvalue weighted by atomic mass is 16.3. The maximum Gasteiger partial charge on any atom is 0.0849 e. The van der Waals surface area contributed by atoms with E-state index in [9.17, 15) is 15.3 Å². The third-order valence-electron chi connectivity index (χ3n) is 2.38. The molecule has 0 saturated carbocycles. The van der Waals surface area contributed by atoms with Crippen molar-refractivity contribution in [1.29, 1.82) is 0 Å². The van der Waals surface area contributed by atoms with Crippen LogP contribution in [0.2, 0.25) is 0 Å². The van der Waals surface area contributed by atoms with Gasteiger partial charge in [-0.2, -0.15) is 0 Å². The van der Waals surface area contributed by atoms with E-state index in [0.29, 0.717) is 12.8 Å². The molecule has 0 spiro atoms. The van der Waals surface area contributed by atoms with Crippen LogP contribution < -0.4 is 0 Å².